The van der Waals surface area contributed by atoms with Gasteiger partial charge in [-0.3, -0.25) is 0 Å². The smallest absolute Gasteiger partial charge is 0.0742 e. The molecule has 26 rings (SSSR count). The average Bonchev–Trinajstić information content (AvgIpc) is 1.22. The summed E-state index contributed by atoms with van der Waals surface area (Å²) in [6, 6.07) is 181. The lowest BCUT2D eigenvalue weighted by atomic mass is 9.62. The van der Waals surface area contributed by atoms with E-state index in [1.165, 1.54) is 199 Å². The zero-order valence-corrected chi connectivity index (χ0v) is 72.0. The molecule has 0 spiro atoms. The quantitative estimate of drug-likeness (QED) is 0.129. The lowest BCUT2D eigenvalue weighted by molar-refractivity contribution is 0.632. The lowest BCUT2D eigenvalue weighted by Crippen LogP contribution is -2.37. The maximum atomic E-state index is 2.45. The van der Waals surface area contributed by atoms with Gasteiger partial charge in [0.05, 0.1) is 72.3 Å². The number of hydrogen-bond donors (Lipinski definition) is 0. The van der Waals surface area contributed by atoms with Crippen LogP contribution in [0.4, 0.5) is 34.1 Å². The third-order valence-corrected chi connectivity index (χ3v) is 27.1. The molecule has 0 bridgehead atoms. The maximum Gasteiger partial charge on any atom is 0.0742 e. The van der Waals surface area contributed by atoms with Gasteiger partial charge in [0, 0.05) is 82.6 Å². The van der Waals surface area contributed by atoms with Crippen LogP contribution in [-0.2, 0) is 10.8 Å². The van der Waals surface area contributed by atoms with E-state index in [9.17, 15) is 0 Å². The van der Waals surface area contributed by atoms with Crippen LogP contribution in [0.15, 0.2) is 497 Å². The molecule has 2 aliphatic rings. The molecular formula is C124H88N6. The van der Waals surface area contributed by atoms with Crippen LogP contribution in [0, 0.1) is 0 Å². The Morgan fingerprint density at radius 1 is 0.154 bits per heavy atom. The lowest BCUT2D eigenvalue weighted by Gasteiger charge is -2.46. The number of hydrogen-bond acceptors (Lipinski definition) is 2. The molecule has 6 heterocycles. The summed E-state index contributed by atoms with van der Waals surface area (Å²) in [5.41, 5.74) is 36.0. The molecule has 614 valence electrons. The Hall–Kier alpha value is -16.8. The third kappa shape index (κ3) is 12.6. The monoisotopic (exact) mass is 1660 g/mol. The first kappa shape index (κ1) is 76.8. The van der Waals surface area contributed by atoms with Gasteiger partial charge in [0.2, 0.25) is 0 Å². The number of anilines is 6. The van der Waals surface area contributed by atoms with Crippen LogP contribution in [0.25, 0.3) is 143 Å². The fourth-order valence-corrected chi connectivity index (χ4v) is 21.4. The van der Waals surface area contributed by atoms with Crippen molar-refractivity contribution in [3.05, 3.63) is 531 Å². The van der Waals surface area contributed by atoms with E-state index in [1.807, 2.05) is 0 Å². The van der Waals surface area contributed by atoms with Gasteiger partial charge in [-0.05, 0) is 224 Å². The van der Waals surface area contributed by atoms with Gasteiger partial charge in [-0.25, -0.2) is 0 Å². The number of fused-ring (bicyclic) bond motifs is 16. The van der Waals surface area contributed by atoms with Gasteiger partial charge in [0.1, 0.15) is 0 Å². The zero-order chi connectivity index (χ0) is 86.4. The number of aromatic nitrogens is 4. The standard InChI is InChI=1S/C49H34N2.C42H28N2.C33H26N2/c1-3-19-37(20-4-1)49(38-21-5-2-6-22-38)43-27-9-13-31-47(43)51(48-32-14-10-28-44(48)49)40-24-16-18-36(34-40)35-17-15-23-39(33-35)50-45-29-11-7-25-41(45)42-26-8-12-30-46(42)50;1-3-14-33(15-4-1)43-39-20-9-7-18-35(39)37-27-31(22-24-41(37)43)29-12-11-13-30(26-29)32-23-25-42-38(28-32)36-19-8-10-21-40(36)44(42)34-16-5-2-6-17-34;1-33(2)27-16-5-9-20-31(27)35(32-21-10-6-17-28(32)33)24-13-11-12-23(22-24)34-29-18-7-3-14-25(29)26-15-4-8-19-30(26)34/h1-34H;1-28H;3-22H,1-2H3. The largest absolute Gasteiger partial charge is 0.310 e. The first-order chi connectivity index (χ1) is 64.3. The molecule has 0 radical (unpaired) electrons. The second-order valence-electron chi connectivity index (χ2n) is 34.6. The molecule has 130 heavy (non-hydrogen) atoms. The van der Waals surface area contributed by atoms with Gasteiger partial charge >= 0.3 is 0 Å². The van der Waals surface area contributed by atoms with Crippen LogP contribution in [0.1, 0.15) is 47.2 Å². The molecule has 0 amide bonds. The topological polar surface area (TPSA) is 26.2 Å². The molecule has 4 aromatic heterocycles. The molecule has 0 saturated heterocycles. The predicted octanol–water partition coefficient (Wildman–Crippen LogP) is 32.7. The molecule has 0 unspecified atom stereocenters. The van der Waals surface area contributed by atoms with Crippen LogP contribution in [0.2, 0.25) is 0 Å². The zero-order valence-electron chi connectivity index (χ0n) is 72.0. The SMILES string of the molecule is CC1(C)c2ccccc2N(c2cccc(-n3c4ccccc4c4ccccc43)c2)c2ccccc21.c1ccc(-n2c3ccccc3c3cc(-c4cccc(-c5ccc6c(c5)c5ccccc5n6-c5ccccc5)c4)ccc32)cc1.c1ccc(C2(c3ccccc3)c3ccccc3N(c3cccc(-c4cccc(-n5c6ccccc6c6ccccc65)c4)c3)c3ccccc32)cc1. The molecular weight excluding hydrogens is 1570 g/mol. The molecule has 0 saturated carbocycles. The highest BCUT2D eigenvalue weighted by molar-refractivity contribution is 6.14. The summed E-state index contributed by atoms with van der Waals surface area (Å²) in [5, 5.41) is 10.2. The van der Waals surface area contributed by atoms with E-state index in [4.69, 9.17) is 0 Å². The van der Waals surface area contributed by atoms with Gasteiger partial charge in [0.25, 0.3) is 0 Å². The van der Waals surface area contributed by atoms with Gasteiger partial charge < -0.3 is 28.1 Å². The summed E-state index contributed by atoms with van der Waals surface area (Å²) < 4.78 is 9.51. The molecule has 0 N–H and O–H groups in total. The minimum absolute atomic E-state index is 0.0614. The number of para-hydroxylation sites is 12. The highest BCUT2D eigenvalue weighted by Crippen LogP contribution is 2.59. The van der Waals surface area contributed by atoms with E-state index in [2.05, 4.69) is 539 Å². The molecule has 20 aromatic carbocycles. The predicted molar refractivity (Wildman–Crippen MR) is 546 cm³/mol. The van der Waals surface area contributed by atoms with Gasteiger partial charge in [0.15, 0.2) is 0 Å². The first-order valence-electron chi connectivity index (χ1n) is 45.0. The van der Waals surface area contributed by atoms with Crippen LogP contribution in [-0.4, -0.2) is 18.3 Å². The molecule has 6 nitrogen and oxygen atoms in total. The van der Waals surface area contributed by atoms with Crippen molar-refractivity contribution in [3.8, 4) is 56.1 Å². The van der Waals surface area contributed by atoms with Gasteiger partial charge in [-0.1, -0.05) is 354 Å². The minimum Gasteiger partial charge on any atom is -0.310 e. The van der Waals surface area contributed by atoms with Crippen LogP contribution in [0.3, 0.4) is 0 Å². The Kier molecular flexibility index (Phi) is 18.7. The Balaban J connectivity index is 0.000000110. The summed E-state index contributed by atoms with van der Waals surface area (Å²) in [7, 11) is 0. The van der Waals surface area contributed by atoms with Crippen molar-refractivity contribution in [3.63, 3.8) is 0 Å². The van der Waals surface area contributed by atoms with Gasteiger partial charge in [-0.2, -0.15) is 0 Å². The first-order valence-corrected chi connectivity index (χ1v) is 45.0. The second-order valence-corrected chi connectivity index (χ2v) is 34.6. The summed E-state index contributed by atoms with van der Waals surface area (Å²) >= 11 is 0. The molecule has 6 heteroatoms. The summed E-state index contributed by atoms with van der Waals surface area (Å²) in [6.45, 7) is 4.66. The minimum atomic E-state index is -0.486. The van der Waals surface area contributed by atoms with E-state index in [0.29, 0.717) is 0 Å². The Labute approximate surface area is 755 Å². The number of nitrogens with zero attached hydrogens (tertiary/aromatic N) is 6. The average molecular weight is 1660 g/mol. The summed E-state index contributed by atoms with van der Waals surface area (Å²) in [6.07, 6.45) is 0. The van der Waals surface area contributed by atoms with Gasteiger partial charge in [-0.15, -0.1) is 0 Å². The third-order valence-electron chi connectivity index (χ3n) is 27.1. The van der Waals surface area contributed by atoms with Crippen molar-refractivity contribution in [1.82, 2.24) is 18.3 Å². The maximum absolute atomic E-state index is 2.45. The summed E-state index contributed by atoms with van der Waals surface area (Å²) in [4.78, 5) is 4.88. The molecule has 0 fully saturated rings. The molecule has 0 atom stereocenters. The highest BCUT2D eigenvalue weighted by Gasteiger charge is 2.46. The Bertz CT molecular complexity index is 8060. The number of benzene rings is 20. The highest BCUT2D eigenvalue weighted by atomic mass is 15.2. The van der Waals surface area contributed by atoms with E-state index in [1.54, 1.807) is 0 Å². The normalized spacial score (nSPS) is 12.9. The Morgan fingerprint density at radius 2 is 0.392 bits per heavy atom. The van der Waals surface area contributed by atoms with E-state index < -0.39 is 5.41 Å². The van der Waals surface area contributed by atoms with Crippen LogP contribution < -0.4 is 9.80 Å². The number of rotatable bonds is 11. The van der Waals surface area contributed by atoms with Crippen LogP contribution >= 0.6 is 0 Å². The van der Waals surface area contributed by atoms with Crippen LogP contribution in [0.5, 0.6) is 0 Å². The van der Waals surface area contributed by atoms with Crippen molar-refractivity contribution in [2.24, 2.45) is 0 Å². The second kappa shape index (κ2) is 31.7. The van der Waals surface area contributed by atoms with Crippen molar-refractivity contribution in [2.75, 3.05) is 9.80 Å². The Morgan fingerprint density at radius 3 is 0.777 bits per heavy atom. The fourth-order valence-electron chi connectivity index (χ4n) is 21.4. The molecule has 24 aromatic rings. The fraction of sp³-hybridized carbons (Fsp3) is 0.0323. The molecule has 2 aliphatic heterocycles. The van der Waals surface area contributed by atoms with Crippen molar-refractivity contribution in [2.45, 2.75) is 24.7 Å². The molecule has 0 aliphatic carbocycles. The van der Waals surface area contributed by atoms with Crippen molar-refractivity contribution >= 4 is 121 Å². The van der Waals surface area contributed by atoms with E-state index in [-0.39, 0.29) is 5.41 Å². The van der Waals surface area contributed by atoms with E-state index in [0.717, 1.165) is 11.4 Å². The van der Waals surface area contributed by atoms with Crippen molar-refractivity contribution in [1.29, 1.82) is 0 Å². The van der Waals surface area contributed by atoms with Crippen molar-refractivity contribution < 1.29 is 0 Å². The summed E-state index contributed by atoms with van der Waals surface area (Å²) in [5.74, 6) is 0. The van der Waals surface area contributed by atoms with E-state index >= 15 is 0 Å².